The molecule has 0 radical (unpaired) electrons. The van der Waals surface area contributed by atoms with Gasteiger partial charge in [-0.05, 0) is 44.7 Å². The van der Waals surface area contributed by atoms with Crippen LogP contribution in [0.1, 0.15) is 47.3 Å². The average Bonchev–Trinajstić information content (AvgIpc) is 3.22. The summed E-state index contributed by atoms with van der Waals surface area (Å²) in [5.41, 5.74) is 2.35. The Balaban J connectivity index is 1.34. The molecular weight excluding hydrogens is 400 g/mol. The van der Waals surface area contributed by atoms with Gasteiger partial charge in [-0.3, -0.25) is 14.4 Å². The van der Waals surface area contributed by atoms with Gasteiger partial charge in [0.15, 0.2) is 5.13 Å². The molecule has 1 aromatic heterocycles. The van der Waals surface area contributed by atoms with E-state index in [9.17, 15) is 14.4 Å². The van der Waals surface area contributed by atoms with Crippen molar-refractivity contribution < 1.29 is 14.4 Å². The lowest BCUT2D eigenvalue weighted by Gasteiger charge is -2.21. The zero-order valence-electron chi connectivity index (χ0n) is 17.1. The van der Waals surface area contributed by atoms with Crippen LogP contribution >= 0.6 is 11.3 Å². The van der Waals surface area contributed by atoms with Crippen molar-refractivity contribution in [2.24, 2.45) is 0 Å². The van der Waals surface area contributed by atoms with Crippen LogP contribution in [0.3, 0.4) is 0 Å². The topological polar surface area (TPSA) is 82.6 Å². The van der Waals surface area contributed by atoms with E-state index in [1.54, 1.807) is 22.4 Å². The van der Waals surface area contributed by atoms with Crippen LogP contribution in [0.2, 0.25) is 0 Å². The molecule has 30 heavy (non-hydrogen) atoms. The van der Waals surface area contributed by atoms with Crippen molar-refractivity contribution in [3.05, 3.63) is 46.5 Å². The molecule has 8 heteroatoms. The molecule has 1 aliphatic heterocycles. The number of likely N-dealkylation sites (tertiary alicyclic amines) is 1. The van der Waals surface area contributed by atoms with Crippen molar-refractivity contribution in [1.29, 1.82) is 0 Å². The van der Waals surface area contributed by atoms with Crippen molar-refractivity contribution in [2.75, 3.05) is 25.0 Å². The van der Waals surface area contributed by atoms with Gasteiger partial charge in [-0.15, -0.1) is 11.3 Å². The molecule has 0 bridgehead atoms. The summed E-state index contributed by atoms with van der Waals surface area (Å²) in [6.07, 6.45) is 4.22. The minimum Gasteiger partial charge on any atom is -0.342 e. The van der Waals surface area contributed by atoms with Crippen LogP contribution in [-0.4, -0.2) is 58.2 Å². The van der Waals surface area contributed by atoms with E-state index < -0.39 is 0 Å². The number of rotatable bonds is 7. The normalized spacial score (nSPS) is 15.8. The van der Waals surface area contributed by atoms with Crippen molar-refractivity contribution in [3.8, 4) is 0 Å². The number of amides is 3. The molecule has 158 valence electrons. The van der Waals surface area contributed by atoms with Gasteiger partial charge in [0, 0.05) is 30.1 Å². The van der Waals surface area contributed by atoms with E-state index in [0.717, 1.165) is 44.3 Å². The molecule has 0 unspecified atom stereocenters. The second-order valence-corrected chi connectivity index (χ2v) is 8.85. The van der Waals surface area contributed by atoms with Crippen LogP contribution < -0.4 is 5.32 Å². The first-order valence-electron chi connectivity index (χ1n) is 10.4. The fourth-order valence-corrected chi connectivity index (χ4v) is 4.33. The predicted molar refractivity (Wildman–Crippen MR) is 115 cm³/mol. The van der Waals surface area contributed by atoms with Crippen LogP contribution in [0.5, 0.6) is 0 Å². The Morgan fingerprint density at radius 3 is 2.53 bits per heavy atom. The average molecular weight is 427 g/mol. The summed E-state index contributed by atoms with van der Waals surface area (Å²) in [5, 5.41) is 5.05. The zero-order chi connectivity index (χ0) is 21.1. The van der Waals surface area contributed by atoms with Crippen LogP contribution in [-0.2, 0) is 16.0 Å². The molecule has 0 atom stereocenters. The minimum absolute atomic E-state index is 0.000994. The number of benzene rings is 1. The van der Waals surface area contributed by atoms with E-state index in [2.05, 4.69) is 10.3 Å². The molecule has 1 saturated carbocycles. The van der Waals surface area contributed by atoms with Crippen LogP contribution in [0, 0.1) is 6.92 Å². The van der Waals surface area contributed by atoms with Crippen LogP contribution in [0.4, 0.5) is 5.13 Å². The maximum atomic E-state index is 12.9. The Labute approximate surface area is 180 Å². The number of carbonyl (C=O) groups excluding carboxylic acids is 3. The summed E-state index contributed by atoms with van der Waals surface area (Å²) in [6, 6.07) is 7.53. The Morgan fingerprint density at radius 2 is 1.87 bits per heavy atom. The van der Waals surface area contributed by atoms with Crippen LogP contribution in [0.15, 0.2) is 29.6 Å². The van der Waals surface area contributed by atoms with E-state index in [0.29, 0.717) is 16.4 Å². The lowest BCUT2D eigenvalue weighted by Crippen LogP contribution is -2.39. The molecule has 2 heterocycles. The Hall–Kier alpha value is -2.74. The summed E-state index contributed by atoms with van der Waals surface area (Å²) >= 11 is 1.30. The van der Waals surface area contributed by atoms with Crippen LogP contribution in [0.25, 0.3) is 0 Å². The lowest BCUT2D eigenvalue weighted by atomic mass is 10.1. The molecular formula is C22H26N4O3S. The fourth-order valence-electron chi connectivity index (χ4n) is 3.61. The SMILES string of the molecule is Cc1ccc(C(=O)N(CC(=O)Nc2nc(CC(=O)N3CCCC3)cs2)C2CC2)cc1. The highest BCUT2D eigenvalue weighted by Crippen LogP contribution is 2.28. The third-order valence-corrected chi connectivity index (χ3v) is 6.26. The number of aryl methyl sites for hydroxylation is 1. The van der Waals surface area contributed by atoms with Gasteiger partial charge in [0.2, 0.25) is 11.8 Å². The fraction of sp³-hybridized carbons (Fsp3) is 0.455. The maximum Gasteiger partial charge on any atom is 0.254 e. The van der Waals surface area contributed by atoms with E-state index in [1.807, 2.05) is 24.0 Å². The minimum atomic E-state index is -0.269. The highest BCUT2D eigenvalue weighted by Gasteiger charge is 2.34. The molecule has 7 nitrogen and oxygen atoms in total. The largest absolute Gasteiger partial charge is 0.342 e. The summed E-state index contributed by atoms with van der Waals surface area (Å²) in [4.78, 5) is 45.6. The van der Waals surface area contributed by atoms with Crippen molar-refractivity contribution in [2.45, 2.75) is 45.1 Å². The number of hydrogen-bond acceptors (Lipinski definition) is 5. The number of hydrogen-bond donors (Lipinski definition) is 1. The zero-order valence-corrected chi connectivity index (χ0v) is 17.9. The quantitative estimate of drug-likeness (QED) is 0.738. The Kier molecular flexibility index (Phi) is 6.13. The summed E-state index contributed by atoms with van der Waals surface area (Å²) in [7, 11) is 0. The second kappa shape index (κ2) is 8.95. The van der Waals surface area contributed by atoms with Gasteiger partial charge < -0.3 is 15.1 Å². The number of anilines is 1. The molecule has 0 spiro atoms. The third-order valence-electron chi connectivity index (χ3n) is 5.45. The first-order chi connectivity index (χ1) is 14.5. The smallest absolute Gasteiger partial charge is 0.254 e. The monoisotopic (exact) mass is 426 g/mol. The standard InChI is InChI=1S/C22H26N4O3S/c1-15-4-6-16(7-5-15)21(29)26(18-8-9-18)13-19(27)24-22-23-17(14-30-22)12-20(28)25-10-2-3-11-25/h4-7,14,18H,2-3,8-13H2,1H3,(H,23,24,27). The van der Waals surface area contributed by atoms with E-state index in [4.69, 9.17) is 0 Å². The molecule has 3 amide bonds. The summed E-state index contributed by atoms with van der Waals surface area (Å²) in [6.45, 7) is 3.61. The first-order valence-corrected chi connectivity index (χ1v) is 11.3. The predicted octanol–water partition coefficient (Wildman–Crippen LogP) is 2.86. The second-order valence-electron chi connectivity index (χ2n) is 7.99. The molecule has 1 aliphatic carbocycles. The highest BCUT2D eigenvalue weighted by molar-refractivity contribution is 7.13. The van der Waals surface area contributed by atoms with Gasteiger partial charge >= 0.3 is 0 Å². The highest BCUT2D eigenvalue weighted by atomic mass is 32.1. The summed E-state index contributed by atoms with van der Waals surface area (Å²) in [5.74, 6) is -0.308. The lowest BCUT2D eigenvalue weighted by molar-refractivity contribution is -0.129. The third kappa shape index (κ3) is 5.05. The van der Waals surface area contributed by atoms with E-state index in [-0.39, 0.29) is 36.7 Å². The summed E-state index contributed by atoms with van der Waals surface area (Å²) < 4.78 is 0. The molecule has 1 N–H and O–H groups in total. The van der Waals surface area contributed by atoms with Crippen molar-refractivity contribution >= 4 is 34.2 Å². The van der Waals surface area contributed by atoms with Gasteiger partial charge in [0.1, 0.15) is 6.54 Å². The Morgan fingerprint density at radius 1 is 1.17 bits per heavy atom. The van der Waals surface area contributed by atoms with E-state index >= 15 is 0 Å². The molecule has 4 rings (SSSR count). The molecule has 2 aliphatic rings. The molecule has 2 fully saturated rings. The number of thiazole rings is 1. The van der Waals surface area contributed by atoms with Gasteiger partial charge in [0.05, 0.1) is 12.1 Å². The number of nitrogens with one attached hydrogen (secondary N) is 1. The first kappa shape index (κ1) is 20.5. The number of aromatic nitrogens is 1. The number of nitrogens with zero attached hydrogens (tertiary/aromatic N) is 3. The van der Waals surface area contributed by atoms with Crippen molar-refractivity contribution in [3.63, 3.8) is 0 Å². The maximum absolute atomic E-state index is 12.9. The van der Waals surface area contributed by atoms with Gasteiger partial charge in [-0.25, -0.2) is 4.98 Å². The molecule has 2 aromatic rings. The molecule has 1 aromatic carbocycles. The van der Waals surface area contributed by atoms with E-state index in [1.165, 1.54) is 11.3 Å². The number of carbonyl (C=O) groups is 3. The Bertz CT molecular complexity index is 930. The van der Waals surface area contributed by atoms with Gasteiger partial charge in [0.25, 0.3) is 5.91 Å². The van der Waals surface area contributed by atoms with Crippen molar-refractivity contribution in [1.82, 2.24) is 14.8 Å². The molecule has 1 saturated heterocycles. The van der Waals surface area contributed by atoms with Gasteiger partial charge in [-0.1, -0.05) is 17.7 Å². The van der Waals surface area contributed by atoms with Gasteiger partial charge in [-0.2, -0.15) is 0 Å².